The van der Waals surface area contributed by atoms with Crippen molar-refractivity contribution in [1.29, 1.82) is 0 Å². The number of aromatic nitrogens is 1. The van der Waals surface area contributed by atoms with E-state index in [1.165, 1.54) is 0 Å². The van der Waals surface area contributed by atoms with Gasteiger partial charge in [0.15, 0.2) is 0 Å². The Labute approximate surface area is 118 Å². The number of sulfonamides is 1. The highest BCUT2D eigenvalue weighted by Crippen LogP contribution is 2.24. The average Bonchev–Trinajstić information content (AvgIpc) is 2.86. The van der Waals surface area contributed by atoms with Crippen molar-refractivity contribution in [3.05, 3.63) is 16.1 Å². The highest BCUT2D eigenvalue weighted by Gasteiger charge is 2.36. The van der Waals surface area contributed by atoms with Crippen molar-refractivity contribution in [3.63, 3.8) is 0 Å². The molecule has 106 valence electrons. The number of rotatable bonds is 5. The second-order valence-corrected chi connectivity index (χ2v) is 8.50. The summed E-state index contributed by atoms with van der Waals surface area (Å²) in [5.74, 6) is 0. The molecule has 1 aromatic rings. The molecule has 2 fully saturated rings. The van der Waals surface area contributed by atoms with Gasteiger partial charge in [0.2, 0.25) is 10.0 Å². The minimum Gasteiger partial charge on any atom is -0.296 e. The minimum absolute atomic E-state index is 0.209. The van der Waals surface area contributed by atoms with Crippen molar-refractivity contribution >= 4 is 21.4 Å². The molecule has 0 amide bonds. The van der Waals surface area contributed by atoms with Crippen molar-refractivity contribution in [2.75, 3.05) is 13.1 Å². The third-order valence-electron chi connectivity index (χ3n) is 3.63. The van der Waals surface area contributed by atoms with E-state index in [2.05, 4.69) is 20.0 Å². The van der Waals surface area contributed by atoms with Crippen molar-refractivity contribution in [1.82, 2.24) is 14.6 Å². The summed E-state index contributed by atoms with van der Waals surface area (Å²) in [6.07, 6.45) is 2.71. The van der Waals surface area contributed by atoms with Crippen molar-refractivity contribution in [2.24, 2.45) is 0 Å². The van der Waals surface area contributed by atoms with Crippen LogP contribution >= 0.6 is 11.3 Å². The van der Waals surface area contributed by atoms with E-state index in [9.17, 15) is 8.42 Å². The Morgan fingerprint density at radius 3 is 2.89 bits per heavy atom. The van der Waals surface area contributed by atoms with Gasteiger partial charge >= 0.3 is 0 Å². The quantitative estimate of drug-likeness (QED) is 0.885. The summed E-state index contributed by atoms with van der Waals surface area (Å²) in [5, 5.41) is 2.86. The molecule has 7 heteroatoms. The van der Waals surface area contributed by atoms with Crippen LogP contribution < -0.4 is 4.72 Å². The minimum atomic E-state index is -3.13. The average molecular weight is 301 g/mol. The molecule has 1 aliphatic carbocycles. The van der Waals surface area contributed by atoms with Gasteiger partial charge in [-0.05, 0) is 32.7 Å². The van der Waals surface area contributed by atoms with Gasteiger partial charge in [0.25, 0.3) is 0 Å². The summed E-state index contributed by atoms with van der Waals surface area (Å²) in [4.78, 5) is 6.62. The Kier molecular flexibility index (Phi) is 3.63. The Morgan fingerprint density at radius 1 is 1.47 bits per heavy atom. The van der Waals surface area contributed by atoms with Gasteiger partial charge in [-0.3, -0.25) is 4.90 Å². The molecule has 0 unspecified atom stereocenters. The molecule has 0 radical (unpaired) electrons. The summed E-state index contributed by atoms with van der Waals surface area (Å²) in [6, 6.07) is 0.209. The van der Waals surface area contributed by atoms with Gasteiger partial charge in [0.05, 0.1) is 16.0 Å². The van der Waals surface area contributed by atoms with Gasteiger partial charge in [0.1, 0.15) is 0 Å². The molecular weight excluding hydrogens is 282 g/mol. The van der Waals surface area contributed by atoms with Gasteiger partial charge in [-0.2, -0.15) is 0 Å². The van der Waals surface area contributed by atoms with Crippen LogP contribution in [0.2, 0.25) is 0 Å². The smallest absolute Gasteiger partial charge is 0.216 e. The van der Waals surface area contributed by atoms with Gasteiger partial charge in [-0.25, -0.2) is 18.1 Å². The van der Waals surface area contributed by atoms with Crippen molar-refractivity contribution < 1.29 is 8.42 Å². The monoisotopic (exact) mass is 301 g/mol. The molecule has 0 spiro atoms. The summed E-state index contributed by atoms with van der Waals surface area (Å²) in [7, 11) is -3.13. The Bertz CT molecular complexity index is 551. The van der Waals surface area contributed by atoms with E-state index in [1.54, 1.807) is 11.3 Å². The lowest BCUT2D eigenvalue weighted by Gasteiger charge is -2.15. The van der Waals surface area contributed by atoms with Crippen LogP contribution in [0.5, 0.6) is 0 Å². The first kappa shape index (κ1) is 13.5. The molecule has 1 atom stereocenters. The fourth-order valence-corrected chi connectivity index (χ4v) is 4.75. The lowest BCUT2D eigenvalue weighted by Crippen LogP contribution is -2.37. The molecule has 1 aromatic heterocycles. The van der Waals surface area contributed by atoms with Crippen LogP contribution in [0.3, 0.4) is 0 Å². The zero-order valence-electron chi connectivity index (χ0n) is 11.0. The molecule has 2 aliphatic rings. The lowest BCUT2D eigenvalue weighted by atomic mass is 10.4. The van der Waals surface area contributed by atoms with Crippen LogP contribution in [0.15, 0.2) is 5.38 Å². The highest BCUT2D eigenvalue weighted by atomic mass is 32.2. The van der Waals surface area contributed by atoms with E-state index < -0.39 is 10.0 Å². The van der Waals surface area contributed by atoms with E-state index in [1.807, 2.05) is 6.92 Å². The molecule has 1 aliphatic heterocycles. The van der Waals surface area contributed by atoms with Gasteiger partial charge in [0, 0.05) is 24.5 Å². The van der Waals surface area contributed by atoms with Crippen molar-refractivity contribution in [2.45, 2.75) is 44.0 Å². The second kappa shape index (κ2) is 5.12. The molecule has 0 aromatic carbocycles. The normalized spacial score (nSPS) is 25.0. The third kappa shape index (κ3) is 3.34. The first-order valence-electron chi connectivity index (χ1n) is 6.67. The second-order valence-electron chi connectivity index (χ2n) is 5.44. The number of hydrogen-bond acceptors (Lipinski definition) is 5. The molecule has 0 bridgehead atoms. The first-order chi connectivity index (χ1) is 9.03. The topological polar surface area (TPSA) is 62.3 Å². The largest absolute Gasteiger partial charge is 0.296 e. The molecule has 1 N–H and O–H groups in total. The van der Waals surface area contributed by atoms with Crippen LogP contribution in [0.1, 0.15) is 30.0 Å². The van der Waals surface area contributed by atoms with Gasteiger partial charge < -0.3 is 0 Å². The molecular formula is C12H19N3O2S2. The Morgan fingerprint density at radius 2 is 2.26 bits per heavy atom. The van der Waals surface area contributed by atoms with Crippen LogP contribution in [0.4, 0.5) is 0 Å². The number of nitrogens with one attached hydrogen (secondary N) is 1. The van der Waals surface area contributed by atoms with Crippen LogP contribution in [0, 0.1) is 6.92 Å². The fourth-order valence-electron chi connectivity index (χ4n) is 2.43. The summed E-state index contributed by atoms with van der Waals surface area (Å²) in [6.45, 7) is 4.22. The van der Waals surface area contributed by atoms with Crippen LogP contribution in [0.25, 0.3) is 0 Å². The van der Waals surface area contributed by atoms with Gasteiger partial charge in [-0.1, -0.05) is 0 Å². The maximum Gasteiger partial charge on any atom is 0.216 e. The van der Waals surface area contributed by atoms with E-state index in [0.29, 0.717) is 6.54 Å². The Balaban J connectivity index is 1.57. The standard InChI is InChI=1S/C12H19N3O2S2/c1-9-13-11(8-18-9)6-15-5-4-12(7-15)19(16,17)14-10-2-3-10/h8,10,12,14H,2-7H2,1H3/t12-/m0/s1. The molecule has 19 heavy (non-hydrogen) atoms. The highest BCUT2D eigenvalue weighted by molar-refractivity contribution is 7.90. The molecule has 5 nitrogen and oxygen atoms in total. The maximum absolute atomic E-state index is 12.1. The number of hydrogen-bond donors (Lipinski definition) is 1. The van der Waals surface area contributed by atoms with Crippen LogP contribution in [-0.4, -0.2) is 42.7 Å². The SMILES string of the molecule is Cc1nc(CN2CC[C@H](S(=O)(=O)NC3CC3)C2)cs1. The number of thiazole rings is 1. The summed E-state index contributed by atoms with van der Waals surface area (Å²) in [5.41, 5.74) is 1.05. The fraction of sp³-hybridized carbons (Fsp3) is 0.750. The van der Waals surface area contributed by atoms with E-state index >= 15 is 0 Å². The first-order valence-corrected chi connectivity index (χ1v) is 9.10. The van der Waals surface area contributed by atoms with Crippen LogP contribution in [-0.2, 0) is 16.6 Å². The zero-order chi connectivity index (χ0) is 13.5. The number of likely N-dealkylation sites (tertiary alicyclic amines) is 1. The zero-order valence-corrected chi connectivity index (χ0v) is 12.6. The predicted molar refractivity (Wildman–Crippen MR) is 75.6 cm³/mol. The predicted octanol–water partition coefficient (Wildman–Crippen LogP) is 1.11. The maximum atomic E-state index is 12.1. The van der Waals surface area contributed by atoms with Gasteiger partial charge in [-0.15, -0.1) is 11.3 Å². The molecule has 1 saturated carbocycles. The third-order valence-corrected chi connectivity index (χ3v) is 6.38. The molecule has 3 rings (SSSR count). The Hall–Kier alpha value is -0.500. The summed E-state index contributed by atoms with van der Waals surface area (Å²) >= 11 is 1.64. The van der Waals surface area contributed by atoms with E-state index in [-0.39, 0.29) is 11.3 Å². The molecule has 1 saturated heterocycles. The number of aryl methyl sites for hydroxylation is 1. The van der Waals surface area contributed by atoms with E-state index in [4.69, 9.17) is 0 Å². The summed E-state index contributed by atoms with van der Waals surface area (Å²) < 4.78 is 27.1. The lowest BCUT2D eigenvalue weighted by molar-refractivity contribution is 0.327. The van der Waals surface area contributed by atoms with Crippen molar-refractivity contribution in [3.8, 4) is 0 Å². The number of nitrogens with zero attached hydrogens (tertiary/aromatic N) is 2. The molecule has 2 heterocycles. The van der Waals surface area contributed by atoms with E-state index in [0.717, 1.165) is 43.1 Å².